The molecule has 3 rings (SSSR count). The molecule has 0 spiro atoms. The highest BCUT2D eigenvalue weighted by Crippen LogP contribution is 2.25. The van der Waals surface area contributed by atoms with Gasteiger partial charge in [0.15, 0.2) is 0 Å². The molecule has 1 saturated carbocycles. The average Bonchev–Trinajstić information content (AvgIpc) is 3.14. The summed E-state index contributed by atoms with van der Waals surface area (Å²) in [4.78, 5) is 12.3. The molecular weight excluding hydrogens is 362 g/mol. The van der Waals surface area contributed by atoms with E-state index in [1.165, 1.54) is 43.9 Å². The highest BCUT2D eigenvalue weighted by atomic mass is 32.2. The largest absolute Gasteiger partial charge is 0.497 e. The zero-order valence-corrected chi connectivity index (χ0v) is 16.8. The summed E-state index contributed by atoms with van der Waals surface area (Å²) in [5.74, 6) is 2.01. The highest BCUT2D eigenvalue weighted by molar-refractivity contribution is 8.00. The Labute approximate surface area is 164 Å². The van der Waals surface area contributed by atoms with Crippen LogP contribution in [0.1, 0.15) is 50.5 Å². The van der Waals surface area contributed by atoms with Crippen molar-refractivity contribution in [1.29, 1.82) is 0 Å². The third-order valence-electron chi connectivity index (χ3n) is 4.90. The van der Waals surface area contributed by atoms with Gasteiger partial charge in [-0.3, -0.25) is 4.79 Å². The van der Waals surface area contributed by atoms with E-state index >= 15 is 0 Å². The molecule has 1 aromatic heterocycles. The minimum absolute atomic E-state index is 0.0282. The van der Waals surface area contributed by atoms with Crippen molar-refractivity contribution < 1.29 is 13.9 Å². The van der Waals surface area contributed by atoms with E-state index < -0.39 is 0 Å². The van der Waals surface area contributed by atoms with E-state index in [2.05, 4.69) is 15.5 Å². The van der Waals surface area contributed by atoms with Crippen LogP contribution in [0.5, 0.6) is 5.75 Å². The lowest BCUT2D eigenvalue weighted by molar-refractivity contribution is -0.120. The maximum Gasteiger partial charge on any atom is 0.277 e. The summed E-state index contributed by atoms with van der Waals surface area (Å²) in [6, 6.07) is 7.74. The number of thioether (sulfide) groups is 1. The summed E-state index contributed by atoms with van der Waals surface area (Å²) in [6.07, 6.45) is 6.89. The first-order valence-electron chi connectivity index (χ1n) is 9.53. The Morgan fingerprint density at radius 1 is 1.26 bits per heavy atom. The molecule has 0 aliphatic heterocycles. The van der Waals surface area contributed by atoms with E-state index in [4.69, 9.17) is 9.15 Å². The summed E-state index contributed by atoms with van der Waals surface area (Å²) in [7, 11) is 1.64. The zero-order valence-electron chi connectivity index (χ0n) is 15.9. The Bertz CT molecular complexity index is 726. The average molecular weight is 390 g/mol. The Morgan fingerprint density at radius 2 is 2.00 bits per heavy atom. The van der Waals surface area contributed by atoms with E-state index in [1.807, 2.05) is 31.2 Å². The van der Waals surface area contributed by atoms with Crippen molar-refractivity contribution in [3.05, 3.63) is 35.7 Å². The van der Waals surface area contributed by atoms with Crippen LogP contribution >= 0.6 is 11.8 Å². The van der Waals surface area contributed by atoms with E-state index in [1.54, 1.807) is 7.11 Å². The first-order valence-corrected chi connectivity index (χ1v) is 10.4. The minimum atomic E-state index is -0.261. The third kappa shape index (κ3) is 5.99. The van der Waals surface area contributed by atoms with Gasteiger partial charge in [-0.15, -0.1) is 10.2 Å². The number of nitrogens with one attached hydrogen (secondary N) is 1. The highest BCUT2D eigenvalue weighted by Gasteiger charge is 2.20. The molecule has 1 unspecified atom stereocenters. The van der Waals surface area contributed by atoms with Crippen LogP contribution in [0, 0.1) is 5.92 Å². The number of hydrogen-bond donors (Lipinski definition) is 1. The number of hydrogen-bond acceptors (Lipinski definition) is 6. The van der Waals surface area contributed by atoms with Crippen molar-refractivity contribution in [3.8, 4) is 5.75 Å². The van der Waals surface area contributed by atoms with Gasteiger partial charge in [0.25, 0.3) is 5.22 Å². The number of carbonyl (C=O) groups excluding carboxylic acids is 1. The third-order valence-corrected chi connectivity index (χ3v) is 5.83. The van der Waals surface area contributed by atoms with Gasteiger partial charge in [0, 0.05) is 6.54 Å². The molecule has 1 heterocycles. The predicted octanol–water partition coefficient (Wildman–Crippen LogP) is 3.85. The molecule has 1 N–H and O–H groups in total. The maximum absolute atomic E-state index is 12.3. The van der Waals surface area contributed by atoms with Crippen LogP contribution in [0.4, 0.5) is 0 Å². The lowest BCUT2D eigenvalue weighted by atomic mass is 9.89. The lowest BCUT2D eigenvalue weighted by Crippen LogP contribution is -2.35. The molecule has 1 aliphatic rings. The number of carbonyl (C=O) groups is 1. The van der Waals surface area contributed by atoms with Crippen LogP contribution in [0.2, 0.25) is 0 Å². The molecule has 1 fully saturated rings. The van der Waals surface area contributed by atoms with E-state index in [0.29, 0.717) is 23.5 Å². The Kier molecular flexibility index (Phi) is 7.15. The van der Waals surface area contributed by atoms with Gasteiger partial charge >= 0.3 is 0 Å². The van der Waals surface area contributed by atoms with E-state index in [9.17, 15) is 4.79 Å². The van der Waals surface area contributed by atoms with Crippen molar-refractivity contribution in [2.24, 2.45) is 5.92 Å². The number of rotatable bonds is 8. The molecule has 0 saturated heterocycles. The van der Waals surface area contributed by atoms with Gasteiger partial charge in [0.2, 0.25) is 11.8 Å². The number of amides is 1. The summed E-state index contributed by atoms with van der Waals surface area (Å²) in [6.45, 7) is 2.64. The normalized spacial score (nSPS) is 16.1. The fourth-order valence-electron chi connectivity index (χ4n) is 3.26. The van der Waals surface area contributed by atoms with Crippen molar-refractivity contribution in [2.75, 3.05) is 13.7 Å². The fourth-order valence-corrected chi connectivity index (χ4v) is 3.99. The van der Waals surface area contributed by atoms with Crippen LogP contribution in [-0.4, -0.2) is 35.0 Å². The number of nitrogens with zero attached hydrogens (tertiary/aromatic N) is 2. The summed E-state index contributed by atoms with van der Waals surface area (Å²) >= 11 is 1.30. The number of benzene rings is 1. The quantitative estimate of drug-likeness (QED) is 0.691. The Hall–Kier alpha value is -2.02. The van der Waals surface area contributed by atoms with Crippen LogP contribution < -0.4 is 10.1 Å². The molecule has 1 atom stereocenters. The predicted molar refractivity (Wildman–Crippen MR) is 105 cm³/mol. The molecule has 0 radical (unpaired) electrons. The van der Waals surface area contributed by atoms with Crippen molar-refractivity contribution in [2.45, 2.75) is 55.9 Å². The molecule has 1 aromatic carbocycles. The second-order valence-corrected chi connectivity index (χ2v) is 8.29. The van der Waals surface area contributed by atoms with Gasteiger partial charge in [-0.05, 0) is 43.4 Å². The standard InChI is InChI=1S/C20H27N3O3S/c1-14(19(24)21-13-16-6-4-3-5-7-16)27-20-23-22-18(26-20)12-15-8-10-17(25-2)11-9-15/h8-11,14,16H,3-7,12-13H2,1-2H3,(H,21,24). The van der Waals surface area contributed by atoms with Crippen LogP contribution in [0.25, 0.3) is 0 Å². The number of aromatic nitrogens is 2. The van der Waals surface area contributed by atoms with Crippen LogP contribution in [0.3, 0.4) is 0 Å². The molecule has 6 nitrogen and oxygen atoms in total. The topological polar surface area (TPSA) is 77.2 Å². The van der Waals surface area contributed by atoms with Crippen LogP contribution in [0.15, 0.2) is 33.9 Å². The van der Waals surface area contributed by atoms with Gasteiger partial charge in [-0.25, -0.2) is 0 Å². The first-order chi connectivity index (χ1) is 13.1. The SMILES string of the molecule is COc1ccc(Cc2nnc(SC(C)C(=O)NCC3CCCCC3)o2)cc1. The summed E-state index contributed by atoms with van der Waals surface area (Å²) in [5.41, 5.74) is 1.06. The minimum Gasteiger partial charge on any atom is -0.497 e. The monoisotopic (exact) mass is 389 g/mol. The maximum atomic E-state index is 12.3. The molecule has 146 valence electrons. The van der Waals surface area contributed by atoms with Crippen molar-refractivity contribution >= 4 is 17.7 Å². The van der Waals surface area contributed by atoms with Gasteiger partial charge < -0.3 is 14.5 Å². The molecular formula is C20H27N3O3S. The van der Waals surface area contributed by atoms with Crippen molar-refractivity contribution in [3.63, 3.8) is 0 Å². The molecule has 27 heavy (non-hydrogen) atoms. The summed E-state index contributed by atoms with van der Waals surface area (Å²) in [5, 5.41) is 11.4. The smallest absolute Gasteiger partial charge is 0.277 e. The molecule has 1 amide bonds. The molecule has 7 heteroatoms. The Morgan fingerprint density at radius 3 is 2.70 bits per heavy atom. The first kappa shape index (κ1) is 19.7. The summed E-state index contributed by atoms with van der Waals surface area (Å²) < 4.78 is 10.8. The van der Waals surface area contributed by atoms with E-state index in [-0.39, 0.29) is 11.2 Å². The second-order valence-electron chi connectivity index (χ2n) is 7.00. The van der Waals surface area contributed by atoms with Gasteiger partial charge in [0.05, 0.1) is 18.8 Å². The second kappa shape index (κ2) is 9.78. The zero-order chi connectivity index (χ0) is 19.1. The Balaban J connectivity index is 1.46. The number of methoxy groups -OCH3 is 1. The van der Waals surface area contributed by atoms with Crippen LogP contribution in [-0.2, 0) is 11.2 Å². The van der Waals surface area contributed by atoms with Crippen molar-refractivity contribution in [1.82, 2.24) is 15.5 Å². The molecule has 0 bridgehead atoms. The van der Waals surface area contributed by atoms with Gasteiger partial charge in [-0.2, -0.15) is 0 Å². The molecule has 1 aliphatic carbocycles. The molecule has 2 aromatic rings. The van der Waals surface area contributed by atoms with E-state index in [0.717, 1.165) is 17.9 Å². The van der Waals surface area contributed by atoms with Gasteiger partial charge in [0.1, 0.15) is 5.75 Å². The lowest BCUT2D eigenvalue weighted by Gasteiger charge is -2.22. The number of ether oxygens (including phenoxy) is 1. The van der Waals surface area contributed by atoms with Gasteiger partial charge in [-0.1, -0.05) is 43.2 Å². The fraction of sp³-hybridized carbons (Fsp3) is 0.550.